The van der Waals surface area contributed by atoms with E-state index in [1.807, 2.05) is 0 Å². The number of carbonyl (C=O) groups is 3. The number of nitrogens with one attached hydrogen (secondary N) is 2. The van der Waals surface area contributed by atoms with Gasteiger partial charge in [-0.2, -0.15) is 0 Å². The van der Waals surface area contributed by atoms with E-state index >= 15 is 0 Å². The lowest BCUT2D eigenvalue weighted by molar-refractivity contribution is -0.135. The van der Waals surface area contributed by atoms with Crippen molar-refractivity contribution in [2.75, 3.05) is 11.9 Å². The zero-order valence-electron chi connectivity index (χ0n) is 16.1. The van der Waals surface area contributed by atoms with Crippen LogP contribution in [0, 0.1) is 11.7 Å². The third-order valence-electron chi connectivity index (χ3n) is 3.89. The third kappa shape index (κ3) is 6.27. The summed E-state index contributed by atoms with van der Waals surface area (Å²) in [4.78, 5) is 34.4. The van der Waals surface area contributed by atoms with Gasteiger partial charge >= 0.3 is 5.97 Å². The van der Waals surface area contributed by atoms with Crippen LogP contribution in [0.25, 0.3) is 0 Å². The molecule has 7 nitrogen and oxygen atoms in total. The maximum absolute atomic E-state index is 14.7. The standard InChI is InChI=1S/C20H19Br2FN2O5/c1-10(2)19(28)25-15-5-3-4-11(17(15)23)9-30-18-13(21)6-12(7-14(18)22)20(29)24-8-16(26)27/h3-7,10H,8-9H2,1-2H3,(H,24,29)(H,25,28)(H,26,27). The number of hydrogen-bond donors (Lipinski definition) is 3. The molecule has 2 aromatic carbocycles. The number of benzene rings is 2. The zero-order chi connectivity index (χ0) is 22.4. The van der Waals surface area contributed by atoms with Gasteiger partial charge in [-0.05, 0) is 50.1 Å². The summed E-state index contributed by atoms with van der Waals surface area (Å²) >= 11 is 6.60. The zero-order valence-corrected chi connectivity index (χ0v) is 19.3. The smallest absolute Gasteiger partial charge is 0.322 e. The van der Waals surface area contributed by atoms with Crippen molar-refractivity contribution in [1.29, 1.82) is 0 Å². The van der Waals surface area contributed by atoms with Crippen molar-refractivity contribution in [2.45, 2.75) is 20.5 Å². The van der Waals surface area contributed by atoms with E-state index in [4.69, 9.17) is 9.84 Å². The number of hydrogen-bond acceptors (Lipinski definition) is 4. The number of aliphatic carboxylic acids is 1. The number of carbonyl (C=O) groups excluding carboxylic acids is 2. The summed E-state index contributed by atoms with van der Waals surface area (Å²) in [5, 5.41) is 13.4. The van der Waals surface area contributed by atoms with Crippen molar-refractivity contribution in [3.63, 3.8) is 0 Å². The first kappa shape index (κ1) is 23.8. The lowest BCUT2D eigenvalue weighted by Gasteiger charge is -2.14. The second-order valence-electron chi connectivity index (χ2n) is 6.56. The maximum atomic E-state index is 14.7. The first-order chi connectivity index (χ1) is 14.1. The summed E-state index contributed by atoms with van der Waals surface area (Å²) in [5.74, 6) is -2.57. The average molecular weight is 546 g/mol. The number of amides is 2. The van der Waals surface area contributed by atoms with E-state index in [1.165, 1.54) is 24.3 Å². The fourth-order valence-electron chi connectivity index (χ4n) is 2.30. The lowest BCUT2D eigenvalue weighted by Crippen LogP contribution is -2.29. The first-order valence-corrected chi connectivity index (χ1v) is 10.4. The number of halogens is 3. The number of rotatable bonds is 8. The van der Waals surface area contributed by atoms with Gasteiger partial charge in [-0.3, -0.25) is 14.4 Å². The molecule has 0 aliphatic carbocycles. The molecule has 0 fully saturated rings. The summed E-state index contributed by atoms with van der Waals surface area (Å²) in [7, 11) is 0. The summed E-state index contributed by atoms with van der Waals surface area (Å²) in [6.07, 6.45) is 0. The van der Waals surface area contributed by atoms with Crippen LogP contribution in [0.5, 0.6) is 5.75 Å². The molecule has 0 aliphatic rings. The number of carboxylic acid groups (broad SMARTS) is 1. The second-order valence-corrected chi connectivity index (χ2v) is 8.27. The van der Waals surface area contributed by atoms with Crippen LogP contribution in [-0.2, 0) is 16.2 Å². The van der Waals surface area contributed by atoms with Crippen LogP contribution in [0.2, 0.25) is 0 Å². The molecule has 0 radical (unpaired) electrons. The van der Waals surface area contributed by atoms with E-state index in [9.17, 15) is 18.8 Å². The Morgan fingerprint density at radius 3 is 2.37 bits per heavy atom. The predicted octanol–water partition coefficient (Wildman–Crippen LogP) is 4.34. The van der Waals surface area contributed by atoms with Gasteiger partial charge < -0.3 is 20.5 Å². The van der Waals surface area contributed by atoms with Crippen molar-refractivity contribution >= 4 is 55.3 Å². The minimum atomic E-state index is -1.16. The number of carboxylic acids is 1. The topological polar surface area (TPSA) is 105 Å². The Bertz CT molecular complexity index is 959. The SMILES string of the molecule is CC(C)C(=O)Nc1cccc(COc2c(Br)cc(C(=O)NCC(=O)O)cc2Br)c1F. The highest BCUT2D eigenvalue weighted by molar-refractivity contribution is 9.11. The molecule has 0 aliphatic heterocycles. The van der Waals surface area contributed by atoms with Crippen LogP contribution in [-0.4, -0.2) is 29.4 Å². The van der Waals surface area contributed by atoms with Gasteiger partial charge in [0.05, 0.1) is 14.6 Å². The highest BCUT2D eigenvalue weighted by Crippen LogP contribution is 2.35. The van der Waals surface area contributed by atoms with E-state index < -0.39 is 24.2 Å². The highest BCUT2D eigenvalue weighted by atomic mass is 79.9. The molecule has 0 saturated carbocycles. The van der Waals surface area contributed by atoms with Crippen LogP contribution >= 0.6 is 31.9 Å². The molecule has 0 unspecified atom stereocenters. The molecule has 0 saturated heterocycles. The van der Waals surface area contributed by atoms with Crippen LogP contribution in [0.4, 0.5) is 10.1 Å². The molecular formula is C20H19Br2FN2O5. The molecule has 0 spiro atoms. The molecule has 2 amide bonds. The molecule has 30 heavy (non-hydrogen) atoms. The normalized spacial score (nSPS) is 10.6. The highest BCUT2D eigenvalue weighted by Gasteiger charge is 2.17. The van der Waals surface area contributed by atoms with Gasteiger partial charge in [-0.25, -0.2) is 4.39 Å². The van der Waals surface area contributed by atoms with Crippen LogP contribution in [0.3, 0.4) is 0 Å². The molecule has 10 heteroatoms. The maximum Gasteiger partial charge on any atom is 0.322 e. The van der Waals surface area contributed by atoms with Crippen molar-refractivity contribution in [3.05, 3.63) is 56.2 Å². The minimum Gasteiger partial charge on any atom is -0.486 e. The van der Waals surface area contributed by atoms with Crippen molar-refractivity contribution in [1.82, 2.24) is 5.32 Å². The van der Waals surface area contributed by atoms with Gasteiger partial charge in [0.1, 0.15) is 18.9 Å². The van der Waals surface area contributed by atoms with E-state index in [0.717, 1.165) is 0 Å². The van der Waals surface area contributed by atoms with Crippen LogP contribution in [0.15, 0.2) is 39.3 Å². The Balaban J connectivity index is 2.15. The van der Waals surface area contributed by atoms with Gasteiger partial charge in [0.25, 0.3) is 5.91 Å². The molecule has 0 bridgehead atoms. The van der Waals surface area contributed by atoms with Crippen LogP contribution < -0.4 is 15.4 Å². The van der Waals surface area contributed by atoms with Gasteiger partial charge in [0.15, 0.2) is 5.82 Å². The lowest BCUT2D eigenvalue weighted by atomic mass is 10.1. The van der Waals surface area contributed by atoms with E-state index in [1.54, 1.807) is 19.9 Å². The van der Waals surface area contributed by atoms with Gasteiger partial charge in [0.2, 0.25) is 5.91 Å². The Labute approximate surface area is 189 Å². The van der Waals surface area contributed by atoms with E-state index in [0.29, 0.717) is 14.7 Å². The summed E-state index contributed by atoms with van der Waals surface area (Å²) in [5.41, 5.74) is 0.518. The van der Waals surface area contributed by atoms with Crippen molar-refractivity contribution in [3.8, 4) is 5.75 Å². The molecule has 2 aromatic rings. The van der Waals surface area contributed by atoms with Crippen LogP contribution in [0.1, 0.15) is 29.8 Å². The quantitative estimate of drug-likeness (QED) is 0.457. The predicted molar refractivity (Wildman–Crippen MR) is 116 cm³/mol. The fourth-order valence-corrected chi connectivity index (χ4v) is 3.72. The fraction of sp³-hybridized carbons (Fsp3) is 0.250. The van der Waals surface area contributed by atoms with E-state index in [2.05, 4.69) is 42.5 Å². The van der Waals surface area contributed by atoms with E-state index in [-0.39, 0.29) is 35.2 Å². The molecular weight excluding hydrogens is 527 g/mol. The first-order valence-electron chi connectivity index (χ1n) is 8.80. The van der Waals surface area contributed by atoms with Gasteiger partial charge in [-0.1, -0.05) is 26.0 Å². The second kappa shape index (κ2) is 10.5. The van der Waals surface area contributed by atoms with Crippen molar-refractivity contribution in [2.24, 2.45) is 5.92 Å². The number of ether oxygens (including phenoxy) is 1. The number of anilines is 1. The monoisotopic (exact) mass is 544 g/mol. The Kier molecular flexibility index (Phi) is 8.36. The van der Waals surface area contributed by atoms with Crippen molar-refractivity contribution < 1.29 is 28.6 Å². The largest absolute Gasteiger partial charge is 0.486 e. The molecule has 0 atom stereocenters. The third-order valence-corrected chi connectivity index (χ3v) is 5.07. The summed E-state index contributed by atoms with van der Waals surface area (Å²) in [6.45, 7) is 2.79. The van der Waals surface area contributed by atoms with Gasteiger partial charge in [0, 0.05) is 17.0 Å². The molecule has 3 N–H and O–H groups in total. The molecule has 160 valence electrons. The Hall–Kier alpha value is -2.46. The van der Waals surface area contributed by atoms with Gasteiger partial charge in [-0.15, -0.1) is 0 Å². The molecule has 2 rings (SSSR count). The minimum absolute atomic E-state index is 0.0679. The summed E-state index contributed by atoms with van der Waals surface area (Å²) in [6, 6.07) is 7.54. The summed E-state index contributed by atoms with van der Waals surface area (Å²) < 4.78 is 21.2. The Morgan fingerprint density at radius 1 is 1.17 bits per heavy atom. The average Bonchev–Trinajstić information content (AvgIpc) is 2.67. The Morgan fingerprint density at radius 2 is 1.80 bits per heavy atom. The molecule has 0 aromatic heterocycles. The molecule has 0 heterocycles.